The Morgan fingerprint density at radius 3 is 2.64 bits per heavy atom. The van der Waals surface area contributed by atoms with Crippen molar-refractivity contribution in [2.75, 3.05) is 11.1 Å². The summed E-state index contributed by atoms with van der Waals surface area (Å²) in [6.07, 6.45) is 3.50. The third-order valence-corrected chi connectivity index (χ3v) is 5.43. The smallest absolute Gasteiger partial charge is 0.408 e. The van der Waals surface area contributed by atoms with Crippen molar-refractivity contribution in [3.05, 3.63) is 52.8 Å². The number of thioether (sulfide) groups is 1. The van der Waals surface area contributed by atoms with Crippen molar-refractivity contribution in [1.82, 2.24) is 10.3 Å². The topological polar surface area (TPSA) is 80.3 Å². The number of nitrogens with zero attached hydrogens (tertiary/aromatic N) is 1. The Hall–Kier alpha value is -2.25. The summed E-state index contributed by atoms with van der Waals surface area (Å²) in [6.45, 7) is 5.46. The Kier molecular flexibility index (Phi) is 6.15. The minimum atomic E-state index is -0.567. The zero-order chi connectivity index (χ0) is 20.3. The van der Waals surface area contributed by atoms with Crippen LogP contribution in [0.2, 0.25) is 5.02 Å². The van der Waals surface area contributed by atoms with Crippen LogP contribution in [0.1, 0.15) is 49.2 Å². The molecule has 1 unspecified atom stereocenters. The number of nitrogens with one attached hydrogen (secondary N) is 2. The second-order valence-electron chi connectivity index (χ2n) is 7.40. The molecule has 0 bridgehead atoms. The number of hydrogen-bond donors (Lipinski definition) is 2. The first kappa shape index (κ1) is 20.5. The highest BCUT2D eigenvalue weighted by Crippen LogP contribution is 2.39. The molecule has 2 aromatic rings. The number of hydrogen-bond acceptors (Lipinski definition) is 5. The van der Waals surface area contributed by atoms with Gasteiger partial charge in [-0.3, -0.25) is 9.78 Å². The maximum atomic E-state index is 12.6. The molecule has 1 aromatic carbocycles. The van der Waals surface area contributed by atoms with E-state index in [1.807, 2.05) is 20.8 Å². The van der Waals surface area contributed by atoms with Crippen LogP contribution in [0.3, 0.4) is 0 Å². The van der Waals surface area contributed by atoms with Crippen molar-refractivity contribution in [1.29, 1.82) is 0 Å². The molecule has 2 heterocycles. The molecule has 0 fully saturated rings. The summed E-state index contributed by atoms with van der Waals surface area (Å²) >= 11 is 8.04. The molecular formula is C20H22ClN3O3S. The summed E-state index contributed by atoms with van der Waals surface area (Å²) in [5.74, 6) is 0.530. The average Bonchev–Trinajstić information content (AvgIpc) is 2.61. The lowest BCUT2D eigenvalue weighted by molar-refractivity contribution is 0.0501. The number of amides is 2. The monoisotopic (exact) mass is 419 g/mol. The molecule has 28 heavy (non-hydrogen) atoms. The lowest BCUT2D eigenvalue weighted by Gasteiger charge is -2.28. The van der Waals surface area contributed by atoms with E-state index in [4.69, 9.17) is 16.3 Å². The minimum absolute atomic E-state index is 0.207. The molecule has 0 saturated carbocycles. The van der Waals surface area contributed by atoms with Gasteiger partial charge in [-0.2, -0.15) is 0 Å². The molecule has 8 heteroatoms. The van der Waals surface area contributed by atoms with Crippen LogP contribution in [-0.4, -0.2) is 28.3 Å². The van der Waals surface area contributed by atoms with E-state index in [1.165, 1.54) is 0 Å². The van der Waals surface area contributed by atoms with Gasteiger partial charge < -0.3 is 15.4 Å². The Bertz CT molecular complexity index is 884. The van der Waals surface area contributed by atoms with E-state index >= 15 is 0 Å². The summed E-state index contributed by atoms with van der Waals surface area (Å²) in [7, 11) is 0. The van der Waals surface area contributed by atoms with Gasteiger partial charge in [0, 0.05) is 28.7 Å². The summed E-state index contributed by atoms with van der Waals surface area (Å²) < 4.78 is 5.36. The van der Waals surface area contributed by atoms with Crippen LogP contribution in [0, 0.1) is 0 Å². The Morgan fingerprint density at radius 2 is 1.96 bits per heavy atom. The maximum absolute atomic E-state index is 12.6. The van der Waals surface area contributed by atoms with E-state index in [9.17, 15) is 9.59 Å². The van der Waals surface area contributed by atoms with Crippen molar-refractivity contribution in [3.8, 4) is 0 Å². The number of ether oxygens (including phenoxy) is 1. The van der Waals surface area contributed by atoms with Crippen molar-refractivity contribution in [2.24, 2.45) is 0 Å². The van der Waals surface area contributed by atoms with E-state index < -0.39 is 11.7 Å². The zero-order valence-electron chi connectivity index (χ0n) is 15.9. The highest BCUT2D eigenvalue weighted by Gasteiger charge is 2.27. The lowest BCUT2D eigenvalue weighted by Crippen LogP contribution is -2.36. The van der Waals surface area contributed by atoms with Crippen molar-refractivity contribution in [3.63, 3.8) is 0 Å². The van der Waals surface area contributed by atoms with Crippen molar-refractivity contribution < 1.29 is 14.3 Å². The third-order valence-electron chi connectivity index (χ3n) is 4.01. The van der Waals surface area contributed by atoms with Crippen LogP contribution in [-0.2, 0) is 4.74 Å². The van der Waals surface area contributed by atoms with Gasteiger partial charge in [0.05, 0.1) is 16.6 Å². The number of fused-ring (bicyclic) bond motifs is 1. The molecule has 3 rings (SSSR count). The highest BCUT2D eigenvalue weighted by molar-refractivity contribution is 7.99. The predicted molar refractivity (Wildman–Crippen MR) is 111 cm³/mol. The summed E-state index contributed by atoms with van der Waals surface area (Å²) in [5.41, 5.74) is 1.37. The number of rotatable bonds is 3. The fourth-order valence-corrected chi connectivity index (χ4v) is 4.22. The molecule has 1 aromatic heterocycles. The molecule has 1 aliphatic heterocycles. The van der Waals surface area contributed by atoms with Gasteiger partial charge in [-0.1, -0.05) is 11.6 Å². The molecule has 0 radical (unpaired) electrons. The first-order valence-corrected chi connectivity index (χ1v) is 10.3. The summed E-state index contributed by atoms with van der Waals surface area (Å²) in [6, 6.07) is 6.74. The van der Waals surface area contributed by atoms with Gasteiger partial charge in [-0.05, 0) is 57.0 Å². The quantitative estimate of drug-likeness (QED) is 0.727. The zero-order valence-corrected chi connectivity index (χ0v) is 17.5. The second kappa shape index (κ2) is 8.41. The Labute approximate surface area is 173 Å². The first-order valence-electron chi connectivity index (χ1n) is 8.90. The molecule has 0 saturated heterocycles. The van der Waals surface area contributed by atoms with Crippen molar-refractivity contribution >= 4 is 41.1 Å². The van der Waals surface area contributed by atoms with Gasteiger partial charge in [-0.25, -0.2) is 4.79 Å². The Balaban J connectivity index is 1.80. The number of pyridine rings is 1. The van der Waals surface area contributed by atoms with E-state index in [0.29, 0.717) is 16.3 Å². The van der Waals surface area contributed by atoms with Crippen molar-refractivity contribution in [2.45, 2.75) is 43.7 Å². The molecule has 6 nitrogen and oxygen atoms in total. The molecule has 0 spiro atoms. The van der Waals surface area contributed by atoms with E-state index in [1.54, 1.807) is 48.4 Å². The standard InChI is InChI=1S/C20H22ClN3O3S/c1-20(2,3)27-19(26)24-16-6-9-28-17-11-13(15(21)10-14(16)17)18(25)23-12-4-7-22-8-5-12/h4-5,7-8,10-11,16H,6,9H2,1-3H3,(H,24,26)(H,22,23,25). The van der Waals surface area contributed by atoms with Crippen LogP contribution in [0.25, 0.3) is 0 Å². The highest BCUT2D eigenvalue weighted by atomic mass is 35.5. The molecule has 1 atom stereocenters. The number of carbonyl (C=O) groups is 2. The molecule has 2 amide bonds. The summed E-state index contributed by atoms with van der Waals surface area (Å²) in [5, 5.41) is 6.06. The average molecular weight is 420 g/mol. The Morgan fingerprint density at radius 1 is 1.25 bits per heavy atom. The van der Waals surface area contributed by atoms with Gasteiger partial charge in [0.15, 0.2) is 0 Å². The largest absolute Gasteiger partial charge is 0.444 e. The number of halogens is 1. The molecule has 2 N–H and O–H groups in total. The molecule has 148 valence electrons. The van der Waals surface area contributed by atoms with Gasteiger partial charge in [0.1, 0.15) is 5.60 Å². The minimum Gasteiger partial charge on any atom is -0.444 e. The van der Waals surface area contributed by atoms with E-state index in [2.05, 4.69) is 15.6 Å². The number of carbonyl (C=O) groups excluding carboxylic acids is 2. The lowest BCUT2D eigenvalue weighted by atomic mass is 10.0. The van der Waals surface area contributed by atoms with Crippen LogP contribution >= 0.6 is 23.4 Å². The SMILES string of the molecule is CC(C)(C)OC(=O)NC1CCSc2cc(C(=O)Nc3ccncc3)c(Cl)cc21. The third kappa shape index (κ3) is 5.17. The number of aromatic nitrogens is 1. The number of benzene rings is 1. The van der Waals surface area contributed by atoms with Crippen LogP contribution in [0.15, 0.2) is 41.6 Å². The van der Waals surface area contributed by atoms with E-state index in [0.717, 1.165) is 22.6 Å². The van der Waals surface area contributed by atoms with Gasteiger partial charge in [0.2, 0.25) is 0 Å². The van der Waals surface area contributed by atoms with E-state index in [-0.39, 0.29) is 11.9 Å². The molecule has 0 aliphatic carbocycles. The van der Waals surface area contributed by atoms with Gasteiger partial charge >= 0.3 is 6.09 Å². The van der Waals surface area contributed by atoms with Crippen LogP contribution in [0.4, 0.5) is 10.5 Å². The normalized spacial score (nSPS) is 16.1. The molecular weight excluding hydrogens is 398 g/mol. The van der Waals surface area contributed by atoms with Crippen LogP contribution in [0.5, 0.6) is 0 Å². The van der Waals surface area contributed by atoms with Gasteiger partial charge in [0.25, 0.3) is 5.91 Å². The second-order valence-corrected chi connectivity index (χ2v) is 8.94. The fourth-order valence-electron chi connectivity index (χ4n) is 2.82. The number of alkyl carbamates (subject to hydrolysis) is 1. The molecule has 1 aliphatic rings. The predicted octanol–water partition coefficient (Wildman–Crippen LogP) is 5.05. The number of anilines is 1. The fraction of sp³-hybridized carbons (Fsp3) is 0.350. The summed E-state index contributed by atoms with van der Waals surface area (Å²) in [4.78, 5) is 29.6. The first-order chi connectivity index (χ1) is 13.2. The maximum Gasteiger partial charge on any atom is 0.408 e. The van der Waals surface area contributed by atoms with Crippen LogP contribution < -0.4 is 10.6 Å². The van der Waals surface area contributed by atoms with Gasteiger partial charge in [-0.15, -0.1) is 11.8 Å².